The van der Waals surface area contributed by atoms with Crippen LogP contribution >= 0.6 is 0 Å². The average molecular weight is 262 g/mol. The minimum absolute atomic E-state index is 0.207. The molecule has 4 fully saturated rings. The second kappa shape index (κ2) is 4.47. The van der Waals surface area contributed by atoms with Gasteiger partial charge in [0, 0.05) is 12.1 Å². The number of carbonyl (C=O) groups excluding carboxylic acids is 1. The summed E-state index contributed by atoms with van der Waals surface area (Å²) in [7, 11) is 0. The van der Waals surface area contributed by atoms with E-state index in [0.29, 0.717) is 18.0 Å². The number of amides is 1. The van der Waals surface area contributed by atoms with Crippen molar-refractivity contribution in [2.45, 2.75) is 57.5 Å². The summed E-state index contributed by atoms with van der Waals surface area (Å²) in [5.41, 5.74) is 0. The van der Waals surface area contributed by atoms with Gasteiger partial charge in [-0.2, -0.15) is 0 Å². The minimum Gasteiger partial charge on any atom is -0.353 e. The first-order valence-corrected chi connectivity index (χ1v) is 8.28. The van der Waals surface area contributed by atoms with Crippen molar-refractivity contribution in [2.75, 3.05) is 6.54 Å². The van der Waals surface area contributed by atoms with Gasteiger partial charge in [-0.1, -0.05) is 6.42 Å². The lowest BCUT2D eigenvalue weighted by Gasteiger charge is -2.33. The molecular weight excluding hydrogens is 236 g/mol. The topological polar surface area (TPSA) is 41.1 Å². The Hall–Kier alpha value is -0.570. The van der Waals surface area contributed by atoms with E-state index in [9.17, 15) is 4.79 Å². The zero-order valence-electron chi connectivity index (χ0n) is 11.9. The van der Waals surface area contributed by atoms with Gasteiger partial charge in [-0.3, -0.25) is 4.79 Å². The monoisotopic (exact) mass is 262 g/mol. The molecule has 106 valence electrons. The highest BCUT2D eigenvalue weighted by Crippen LogP contribution is 2.58. The summed E-state index contributed by atoms with van der Waals surface area (Å²) in [5, 5.41) is 6.80. The summed E-state index contributed by atoms with van der Waals surface area (Å²) in [6.45, 7) is 3.14. The Morgan fingerprint density at radius 3 is 2.74 bits per heavy atom. The first kappa shape index (κ1) is 12.2. The predicted molar refractivity (Wildman–Crippen MR) is 74.5 cm³/mol. The molecule has 3 heteroatoms. The van der Waals surface area contributed by atoms with Gasteiger partial charge in [0.05, 0.1) is 5.92 Å². The van der Waals surface area contributed by atoms with E-state index in [1.807, 2.05) is 0 Å². The van der Waals surface area contributed by atoms with Crippen LogP contribution in [0.1, 0.15) is 45.4 Å². The number of fused-ring (bicyclic) bond motifs is 5. The Bertz CT molecular complexity index is 383. The molecule has 0 aromatic carbocycles. The maximum Gasteiger partial charge on any atom is 0.224 e. The molecule has 7 atom stereocenters. The number of rotatable bonds is 2. The first-order valence-electron chi connectivity index (χ1n) is 8.28. The molecule has 0 aromatic heterocycles. The van der Waals surface area contributed by atoms with E-state index in [1.165, 1.54) is 32.1 Å². The van der Waals surface area contributed by atoms with Gasteiger partial charge in [0.1, 0.15) is 0 Å². The van der Waals surface area contributed by atoms with Crippen LogP contribution in [-0.4, -0.2) is 24.5 Å². The molecule has 19 heavy (non-hydrogen) atoms. The molecule has 3 aliphatic carbocycles. The van der Waals surface area contributed by atoms with Crippen LogP contribution in [0.5, 0.6) is 0 Å². The van der Waals surface area contributed by atoms with Gasteiger partial charge in [0.15, 0.2) is 0 Å². The van der Waals surface area contributed by atoms with Crippen LogP contribution in [0.2, 0.25) is 0 Å². The van der Waals surface area contributed by atoms with Crippen molar-refractivity contribution >= 4 is 5.91 Å². The Labute approximate surface area is 115 Å². The highest BCUT2D eigenvalue weighted by Gasteiger charge is 2.54. The highest BCUT2D eigenvalue weighted by atomic mass is 16.2. The summed E-state index contributed by atoms with van der Waals surface area (Å²) >= 11 is 0. The molecule has 1 amide bonds. The summed E-state index contributed by atoms with van der Waals surface area (Å²) in [5.74, 6) is 4.24. The second-order valence-electron chi connectivity index (χ2n) is 7.41. The normalized spacial score (nSPS) is 51.5. The lowest BCUT2D eigenvalue weighted by Crippen LogP contribution is -2.46. The summed E-state index contributed by atoms with van der Waals surface area (Å²) in [4.78, 5) is 12.4. The van der Waals surface area contributed by atoms with Crippen LogP contribution in [0, 0.1) is 29.6 Å². The Morgan fingerprint density at radius 1 is 1.11 bits per heavy atom. The molecule has 0 spiro atoms. The molecule has 1 aliphatic heterocycles. The fraction of sp³-hybridized carbons (Fsp3) is 0.938. The van der Waals surface area contributed by atoms with E-state index in [2.05, 4.69) is 17.6 Å². The highest BCUT2D eigenvalue weighted by molar-refractivity contribution is 5.80. The quantitative estimate of drug-likeness (QED) is 0.798. The number of hydrogen-bond donors (Lipinski definition) is 2. The van der Waals surface area contributed by atoms with Gasteiger partial charge in [-0.15, -0.1) is 0 Å². The van der Waals surface area contributed by atoms with Gasteiger partial charge >= 0.3 is 0 Å². The molecule has 4 aliphatic rings. The lowest BCUT2D eigenvalue weighted by molar-refractivity contribution is -0.126. The Morgan fingerprint density at radius 2 is 1.95 bits per heavy atom. The van der Waals surface area contributed by atoms with Crippen LogP contribution in [0.4, 0.5) is 0 Å². The fourth-order valence-corrected chi connectivity index (χ4v) is 5.74. The zero-order chi connectivity index (χ0) is 13.0. The second-order valence-corrected chi connectivity index (χ2v) is 7.41. The third-order valence-corrected chi connectivity index (χ3v) is 6.62. The number of nitrogens with one attached hydrogen (secondary N) is 2. The molecule has 4 rings (SSSR count). The third-order valence-electron chi connectivity index (χ3n) is 6.62. The van der Waals surface area contributed by atoms with Crippen LogP contribution in [0.25, 0.3) is 0 Å². The van der Waals surface area contributed by atoms with Gasteiger partial charge in [-0.25, -0.2) is 0 Å². The predicted octanol–water partition coefficient (Wildman–Crippen LogP) is 1.93. The molecular formula is C16H26N2O. The van der Waals surface area contributed by atoms with E-state index < -0.39 is 0 Å². The van der Waals surface area contributed by atoms with Crippen LogP contribution < -0.4 is 10.6 Å². The van der Waals surface area contributed by atoms with Crippen LogP contribution in [0.15, 0.2) is 0 Å². The van der Waals surface area contributed by atoms with Gasteiger partial charge < -0.3 is 10.6 Å². The van der Waals surface area contributed by atoms with Crippen LogP contribution in [0.3, 0.4) is 0 Å². The van der Waals surface area contributed by atoms with E-state index >= 15 is 0 Å². The van der Waals surface area contributed by atoms with Crippen molar-refractivity contribution in [2.24, 2.45) is 29.6 Å². The maximum absolute atomic E-state index is 12.4. The fourth-order valence-electron chi connectivity index (χ4n) is 5.74. The van der Waals surface area contributed by atoms with Crippen molar-refractivity contribution in [3.63, 3.8) is 0 Å². The molecule has 2 N–H and O–H groups in total. The maximum atomic E-state index is 12.4. The van der Waals surface area contributed by atoms with Crippen molar-refractivity contribution < 1.29 is 4.79 Å². The first-order chi connectivity index (χ1) is 9.24. The van der Waals surface area contributed by atoms with E-state index in [4.69, 9.17) is 0 Å². The molecule has 7 unspecified atom stereocenters. The van der Waals surface area contributed by atoms with E-state index in [1.54, 1.807) is 0 Å². The Kier molecular flexibility index (Phi) is 2.87. The van der Waals surface area contributed by atoms with Gasteiger partial charge in [0.25, 0.3) is 0 Å². The zero-order valence-corrected chi connectivity index (χ0v) is 11.9. The van der Waals surface area contributed by atoms with Crippen molar-refractivity contribution in [3.8, 4) is 0 Å². The standard InChI is InChI=1S/C16H26N2O/c1-9-11(5-6-17-9)16(19)18-15-8-10-7-14(15)13-4-2-3-12(10)13/h9-15,17H,2-8H2,1H3,(H,18,19). The molecule has 0 aromatic rings. The van der Waals surface area contributed by atoms with E-state index in [0.717, 1.165) is 36.6 Å². The third kappa shape index (κ3) is 1.84. The largest absolute Gasteiger partial charge is 0.353 e. The van der Waals surface area contributed by atoms with E-state index in [-0.39, 0.29) is 5.92 Å². The molecule has 1 saturated heterocycles. The average Bonchev–Trinajstić information content (AvgIpc) is 3.07. The SMILES string of the molecule is CC1NCCC1C(=O)NC1CC2CC1C1CCCC21. The molecule has 3 saturated carbocycles. The molecule has 2 bridgehead atoms. The van der Waals surface area contributed by atoms with Crippen molar-refractivity contribution in [1.29, 1.82) is 0 Å². The summed E-state index contributed by atoms with van der Waals surface area (Å²) in [6, 6.07) is 0.863. The van der Waals surface area contributed by atoms with Gasteiger partial charge in [0.2, 0.25) is 5.91 Å². The molecule has 1 heterocycles. The minimum atomic E-state index is 0.207. The molecule has 0 radical (unpaired) electrons. The smallest absolute Gasteiger partial charge is 0.224 e. The summed E-state index contributed by atoms with van der Waals surface area (Å²) in [6.07, 6.45) is 8.02. The van der Waals surface area contributed by atoms with Crippen LogP contribution in [-0.2, 0) is 4.79 Å². The molecule has 3 nitrogen and oxygen atoms in total. The Balaban J connectivity index is 1.40. The number of hydrogen-bond acceptors (Lipinski definition) is 2. The van der Waals surface area contributed by atoms with Gasteiger partial charge in [-0.05, 0) is 69.2 Å². The van der Waals surface area contributed by atoms with Crippen molar-refractivity contribution in [3.05, 3.63) is 0 Å². The summed E-state index contributed by atoms with van der Waals surface area (Å²) < 4.78 is 0. The number of carbonyl (C=O) groups is 1. The van der Waals surface area contributed by atoms with Crippen molar-refractivity contribution in [1.82, 2.24) is 10.6 Å². The lowest BCUT2D eigenvalue weighted by atomic mass is 9.79.